The molecule has 2 amide bonds. The molecule has 0 rings (SSSR count). The molecule has 0 radical (unpaired) electrons. The summed E-state index contributed by atoms with van der Waals surface area (Å²) < 4.78 is 0. The van der Waals surface area contributed by atoms with Gasteiger partial charge in [-0.1, -0.05) is 6.92 Å². The molecule has 0 saturated carbocycles. The van der Waals surface area contributed by atoms with Crippen LogP contribution in [0, 0.1) is 5.92 Å². The summed E-state index contributed by atoms with van der Waals surface area (Å²) in [5, 5.41) is 14.0. The predicted octanol–water partition coefficient (Wildman–Crippen LogP) is 1.58. The van der Waals surface area contributed by atoms with Crippen molar-refractivity contribution in [3.63, 3.8) is 0 Å². The topological polar surface area (TPSA) is 78.4 Å². The highest BCUT2D eigenvalue weighted by molar-refractivity contribution is 5.74. The molecule has 5 nitrogen and oxygen atoms in total. The molecule has 0 aromatic heterocycles. The van der Waals surface area contributed by atoms with E-state index in [4.69, 9.17) is 5.11 Å². The van der Waals surface area contributed by atoms with Gasteiger partial charge in [0.15, 0.2) is 0 Å². The number of rotatable bonds is 5. The van der Waals surface area contributed by atoms with Crippen LogP contribution in [0.1, 0.15) is 40.5 Å². The van der Waals surface area contributed by atoms with Crippen molar-refractivity contribution in [2.75, 3.05) is 6.54 Å². The number of hydrogen-bond acceptors (Lipinski definition) is 2. The Hall–Kier alpha value is -1.26. The number of urea groups is 1. The van der Waals surface area contributed by atoms with Gasteiger partial charge in [0.05, 0.1) is 0 Å². The Morgan fingerprint density at radius 1 is 1.31 bits per heavy atom. The van der Waals surface area contributed by atoms with Gasteiger partial charge in [-0.3, -0.25) is 4.79 Å². The molecule has 3 N–H and O–H groups in total. The zero-order valence-electron chi connectivity index (χ0n) is 10.5. The van der Waals surface area contributed by atoms with Crippen molar-refractivity contribution in [1.82, 2.24) is 10.6 Å². The van der Waals surface area contributed by atoms with E-state index in [0.29, 0.717) is 13.0 Å². The number of amides is 2. The zero-order chi connectivity index (χ0) is 12.8. The quantitative estimate of drug-likeness (QED) is 0.671. The van der Waals surface area contributed by atoms with Crippen LogP contribution in [0.15, 0.2) is 0 Å². The first kappa shape index (κ1) is 14.7. The average molecular weight is 230 g/mol. The van der Waals surface area contributed by atoms with E-state index < -0.39 is 5.97 Å². The van der Waals surface area contributed by atoms with Gasteiger partial charge < -0.3 is 15.7 Å². The molecule has 0 aliphatic rings. The van der Waals surface area contributed by atoms with Crippen LogP contribution in [-0.2, 0) is 4.79 Å². The lowest BCUT2D eigenvalue weighted by molar-refractivity contribution is -0.137. The van der Waals surface area contributed by atoms with E-state index in [-0.39, 0.29) is 23.9 Å². The molecule has 0 fully saturated rings. The highest BCUT2D eigenvalue weighted by atomic mass is 16.4. The molecule has 0 aromatic carbocycles. The van der Waals surface area contributed by atoms with Crippen LogP contribution in [0.3, 0.4) is 0 Å². The van der Waals surface area contributed by atoms with Crippen molar-refractivity contribution < 1.29 is 14.7 Å². The Balaban J connectivity index is 3.71. The molecule has 0 saturated heterocycles. The number of hydrogen-bond donors (Lipinski definition) is 3. The number of aliphatic carboxylic acids is 1. The van der Waals surface area contributed by atoms with E-state index in [9.17, 15) is 9.59 Å². The second-order valence-electron chi connectivity index (χ2n) is 5.12. The second-order valence-corrected chi connectivity index (χ2v) is 5.12. The first-order chi connectivity index (χ1) is 7.20. The van der Waals surface area contributed by atoms with E-state index in [0.717, 1.165) is 0 Å². The minimum atomic E-state index is -0.800. The maximum atomic E-state index is 11.4. The summed E-state index contributed by atoms with van der Waals surface area (Å²) in [5.74, 6) is -0.632. The average Bonchev–Trinajstić information content (AvgIpc) is 2.08. The highest BCUT2D eigenvalue weighted by Gasteiger charge is 2.14. The lowest BCUT2D eigenvalue weighted by Gasteiger charge is -2.21. The number of carbonyl (C=O) groups excluding carboxylic acids is 1. The van der Waals surface area contributed by atoms with Crippen molar-refractivity contribution in [3.05, 3.63) is 0 Å². The van der Waals surface area contributed by atoms with E-state index >= 15 is 0 Å². The van der Waals surface area contributed by atoms with Crippen LogP contribution in [0.4, 0.5) is 4.79 Å². The van der Waals surface area contributed by atoms with Gasteiger partial charge in [0, 0.05) is 18.5 Å². The molecular formula is C11H22N2O3. The van der Waals surface area contributed by atoms with E-state index in [1.54, 1.807) is 0 Å². The third-order valence-corrected chi connectivity index (χ3v) is 1.95. The Labute approximate surface area is 96.6 Å². The van der Waals surface area contributed by atoms with Crippen LogP contribution in [0.2, 0.25) is 0 Å². The summed E-state index contributed by atoms with van der Waals surface area (Å²) in [6.07, 6.45) is 0.717. The van der Waals surface area contributed by atoms with Crippen molar-refractivity contribution in [1.29, 1.82) is 0 Å². The fourth-order valence-corrected chi connectivity index (χ4v) is 1.12. The summed E-state index contributed by atoms with van der Waals surface area (Å²) in [6, 6.07) is -0.213. The van der Waals surface area contributed by atoms with E-state index in [1.165, 1.54) is 0 Å². The molecule has 0 aromatic rings. The molecule has 0 bridgehead atoms. The number of carboxylic acid groups (broad SMARTS) is 1. The molecule has 94 valence electrons. The minimum absolute atomic E-state index is 0.143. The largest absolute Gasteiger partial charge is 0.481 e. The van der Waals surface area contributed by atoms with Gasteiger partial charge in [0.25, 0.3) is 0 Å². The van der Waals surface area contributed by atoms with Gasteiger partial charge in [0.1, 0.15) is 0 Å². The molecule has 0 aliphatic carbocycles. The highest BCUT2D eigenvalue weighted by Crippen LogP contribution is 2.04. The second kappa shape index (κ2) is 6.35. The van der Waals surface area contributed by atoms with Gasteiger partial charge in [-0.2, -0.15) is 0 Å². The summed E-state index contributed by atoms with van der Waals surface area (Å²) >= 11 is 0. The maximum Gasteiger partial charge on any atom is 0.315 e. The number of nitrogens with one attached hydrogen (secondary N) is 2. The molecule has 0 heterocycles. The van der Waals surface area contributed by atoms with Crippen molar-refractivity contribution in [2.45, 2.75) is 46.1 Å². The molecule has 0 aliphatic heterocycles. The SMILES string of the molecule is CC(CCC(=O)O)CNC(=O)NC(C)(C)C. The van der Waals surface area contributed by atoms with E-state index in [2.05, 4.69) is 10.6 Å². The van der Waals surface area contributed by atoms with Gasteiger partial charge in [0.2, 0.25) is 0 Å². The molecule has 1 unspecified atom stereocenters. The van der Waals surface area contributed by atoms with Crippen LogP contribution in [0.5, 0.6) is 0 Å². The standard InChI is InChI=1S/C11H22N2O3/c1-8(5-6-9(14)15)7-12-10(16)13-11(2,3)4/h8H,5-7H2,1-4H3,(H,14,15)(H2,12,13,16). The molecular weight excluding hydrogens is 208 g/mol. The Kier molecular flexibility index (Phi) is 5.85. The molecule has 1 atom stereocenters. The van der Waals surface area contributed by atoms with Crippen LogP contribution in [0.25, 0.3) is 0 Å². The van der Waals surface area contributed by atoms with Crippen molar-refractivity contribution >= 4 is 12.0 Å². The van der Waals surface area contributed by atoms with Crippen molar-refractivity contribution in [2.24, 2.45) is 5.92 Å². The predicted molar refractivity (Wildman–Crippen MR) is 62.3 cm³/mol. The fourth-order valence-electron chi connectivity index (χ4n) is 1.12. The monoisotopic (exact) mass is 230 g/mol. The number of carboxylic acids is 1. The Morgan fingerprint density at radius 3 is 2.31 bits per heavy atom. The zero-order valence-corrected chi connectivity index (χ0v) is 10.5. The van der Waals surface area contributed by atoms with Gasteiger partial charge in [-0.05, 0) is 33.1 Å². The first-order valence-corrected chi connectivity index (χ1v) is 5.48. The molecule has 0 spiro atoms. The third-order valence-electron chi connectivity index (χ3n) is 1.95. The molecule has 16 heavy (non-hydrogen) atoms. The summed E-state index contributed by atoms with van der Waals surface area (Å²) in [7, 11) is 0. The molecule has 5 heteroatoms. The minimum Gasteiger partial charge on any atom is -0.481 e. The van der Waals surface area contributed by atoms with Gasteiger partial charge in [-0.25, -0.2) is 4.79 Å². The summed E-state index contributed by atoms with van der Waals surface area (Å²) in [4.78, 5) is 21.7. The number of carbonyl (C=O) groups is 2. The summed E-state index contributed by atoms with van der Waals surface area (Å²) in [5.41, 5.74) is -0.256. The Morgan fingerprint density at radius 2 is 1.88 bits per heavy atom. The van der Waals surface area contributed by atoms with Gasteiger partial charge >= 0.3 is 12.0 Å². The van der Waals surface area contributed by atoms with Crippen molar-refractivity contribution in [3.8, 4) is 0 Å². The van der Waals surface area contributed by atoms with Gasteiger partial charge in [-0.15, -0.1) is 0 Å². The van der Waals surface area contributed by atoms with Crippen LogP contribution < -0.4 is 10.6 Å². The smallest absolute Gasteiger partial charge is 0.315 e. The van der Waals surface area contributed by atoms with E-state index in [1.807, 2.05) is 27.7 Å². The third kappa shape index (κ3) is 9.30. The van der Waals surface area contributed by atoms with Crippen LogP contribution >= 0.6 is 0 Å². The lowest BCUT2D eigenvalue weighted by atomic mass is 10.1. The van der Waals surface area contributed by atoms with Crippen LogP contribution in [-0.4, -0.2) is 29.2 Å². The first-order valence-electron chi connectivity index (χ1n) is 5.48. The Bertz CT molecular complexity index is 246. The fraction of sp³-hybridized carbons (Fsp3) is 0.818. The lowest BCUT2D eigenvalue weighted by Crippen LogP contribution is -2.47. The summed E-state index contributed by atoms with van der Waals surface area (Å²) in [6.45, 7) is 8.12. The maximum absolute atomic E-state index is 11.4. The normalized spacial score (nSPS) is 13.0.